The minimum atomic E-state index is -2.12. The molecule has 0 bridgehead atoms. The normalized spacial score (nSPS) is 17.2. The summed E-state index contributed by atoms with van der Waals surface area (Å²) < 4.78 is 0. The van der Waals surface area contributed by atoms with E-state index < -0.39 is 16.1 Å². The third-order valence-electron chi connectivity index (χ3n) is 6.97. The van der Waals surface area contributed by atoms with E-state index in [1.807, 2.05) is 0 Å². The van der Waals surface area contributed by atoms with Gasteiger partial charge >= 0.3 is 0 Å². The molecule has 0 saturated heterocycles. The highest BCUT2D eigenvalue weighted by Crippen LogP contribution is 2.37. The summed E-state index contributed by atoms with van der Waals surface area (Å²) in [6, 6.07) is 35.2. The third kappa shape index (κ3) is 3.38. The van der Waals surface area contributed by atoms with Crippen molar-refractivity contribution >= 4 is 31.7 Å². The van der Waals surface area contributed by atoms with E-state index in [0.717, 1.165) is 0 Å². The van der Waals surface area contributed by atoms with E-state index in [2.05, 4.69) is 123 Å². The van der Waals surface area contributed by atoms with E-state index in [1.165, 1.54) is 29.3 Å². The first kappa shape index (κ1) is 20.8. The number of allylic oxidation sites excluding steroid dienone is 3. The molecule has 1 unspecified atom stereocenters. The quantitative estimate of drug-likeness (QED) is 0.437. The topological polar surface area (TPSA) is 0 Å². The van der Waals surface area contributed by atoms with Gasteiger partial charge in [-0.25, -0.2) is 0 Å². The van der Waals surface area contributed by atoms with E-state index in [-0.39, 0.29) is 0 Å². The molecule has 0 spiro atoms. The fraction of sp³-hybridized carbons (Fsp3) is 0.214. The molecule has 1 atom stereocenters. The van der Waals surface area contributed by atoms with Gasteiger partial charge in [-0.05, 0) is 16.8 Å². The molecule has 30 heavy (non-hydrogen) atoms. The zero-order valence-corrected chi connectivity index (χ0v) is 20.4. The van der Waals surface area contributed by atoms with Crippen LogP contribution in [0.2, 0.25) is 12.6 Å². The van der Waals surface area contributed by atoms with E-state index in [4.69, 9.17) is 0 Å². The van der Waals surface area contributed by atoms with Gasteiger partial charge in [-0.1, -0.05) is 151 Å². The average molecular weight is 425 g/mol. The van der Waals surface area contributed by atoms with Gasteiger partial charge in [-0.3, -0.25) is 0 Å². The van der Waals surface area contributed by atoms with Crippen molar-refractivity contribution in [2.75, 3.05) is 0 Å². The summed E-state index contributed by atoms with van der Waals surface area (Å²) in [5.41, 5.74) is 2.64. The summed E-state index contributed by atoms with van der Waals surface area (Å²) in [7, 11) is -3.92. The maximum atomic E-state index is 2.64. The summed E-state index contributed by atoms with van der Waals surface area (Å²) in [6.45, 7) is 7.32. The fourth-order valence-corrected chi connectivity index (χ4v) is 14.7. The van der Waals surface area contributed by atoms with Crippen molar-refractivity contribution in [1.82, 2.24) is 0 Å². The predicted octanol–water partition coefficient (Wildman–Crippen LogP) is 5.54. The molecule has 1 aliphatic rings. The van der Waals surface area contributed by atoms with Crippen molar-refractivity contribution < 1.29 is 0 Å². The average Bonchev–Trinajstić information content (AvgIpc) is 3.21. The summed E-state index contributed by atoms with van der Waals surface area (Å²) in [6.07, 6.45) is 4.94. The van der Waals surface area contributed by atoms with E-state index in [1.54, 1.807) is 15.6 Å². The molecule has 2 heteroatoms. The van der Waals surface area contributed by atoms with Gasteiger partial charge in [0.15, 0.2) is 8.07 Å². The van der Waals surface area contributed by atoms with Crippen molar-refractivity contribution in [3.05, 3.63) is 113 Å². The van der Waals surface area contributed by atoms with Gasteiger partial charge in [0.05, 0.1) is 0 Å². The van der Waals surface area contributed by atoms with Gasteiger partial charge in [0.1, 0.15) is 8.07 Å². The molecule has 0 N–H and O–H groups in total. The molecule has 3 aromatic rings. The van der Waals surface area contributed by atoms with E-state index in [0.29, 0.717) is 0 Å². The Morgan fingerprint density at radius 3 is 1.67 bits per heavy atom. The van der Waals surface area contributed by atoms with Crippen molar-refractivity contribution in [2.24, 2.45) is 0 Å². The van der Waals surface area contributed by atoms with Gasteiger partial charge in [-0.15, -0.1) is 0 Å². The van der Waals surface area contributed by atoms with Crippen molar-refractivity contribution in [3.63, 3.8) is 0 Å². The van der Waals surface area contributed by atoms with Gasteiger partial charge in [0.2, 0.25) is 0 Å². The molecule has 3 aromatic carbocycles. The highest BCUT2D eigenvalue weighted by Gasteiger charge is 2.46. The highest BCUT2D eigenvalue weighted by molar-refractivity contribution is 7.13. The largest absolute Gasteiger partial charge is 0.168 e. The Kier molecular flexibility index (Phi) is 6.07. The van der Waals surface area contributed by atoms with Crippen LogP contribution in [0, 0.1) is 0 Å². The molecule has 1 heterocycles. The molecule has 1 aliphatic heterocycles. The summed E-state index contributed by atoms with van der Waals surface area (Å²) in [5, 5.41) is 8.05. The van der Waals surface area contributed by atoms with E-state index >= 15 is 0 Å². The maximum Gasteiger partial charge on any atom is 0.168 e. The third-order valence-corrected chi connectivity index (χ3v) is 16.5. The van der Waals surface area contributed by atoms with Gasteiger partial charge in [0.25, 0.3) is 0 Å². The summed E-state index contributed by atoms with van der Waals surface area (Å²) >= 11 is 0. The molecule has 0 fully saturated rings. The van der Waals surface area contributed by atoms with Crippen LogP contribution in [0.5, 0.6) is 0 Å². The van der Waals surface area contributed by atoms with Crippen LogP contribution in [-0.4, -0.2) is 16.1 Å². The number of hydrogen-bond acceptors (Lipinski definition) is 0. The molecule has 0 amide bonds. The molecule has 0 radical (unpaired) electrons. The van der Waals surface area contributed by atoms with Gasteiger partial charge in [0, 0.05) is 0 Å². The monoisotopic (exact) mass is 424 g/mol. The van der Waals surface area contributed by atoms with Crippen LogP contribution in [-0.2, 0) is 0 Å². The zero-order chi connectivity index (χ0) is 21.0. The fourth-order valence-electron chi connectivity index (χ4n) is 5.19. The molecule has 0 saturated carbocycles. The number of benzene rings is 3. The Hall–Kier alpha value is -2.43. The maximum absolute atomic E-state index is 2.64. The van der Waals surface area contributed by atoms with Crippen LogP contribution in [0.1, 0.15) is 26.7 Å². The Balaban J connectivity index is 2.01. The van der Waals surface area contributed by atoms with E-state index in [9.17, 15) is 0 Å². The van der Waals surface area contributed by atoms with Crippen LogP contribution < -0.4 is 15.6 Å². The van der Waals surface area contributed by atoms with Crippen molar-refractivity contribution in [1.29, 1.82) is 0 Å². The van der Waals surface area contributed by atoms with Crippen molar-refractivity contribution in [2.45, 2.75) is 39.3 Å². The Labute approximate surface area is 184 Å². The van der Waals surface area contributed by atoms with Crippen LogP contribution >= 0.6 is 0 Å². The highest BCUT2D eigenvalue weighted by atomic mass is 28.3. The number of rotatable bonds is 7. The smallest absolute Gasteiger partial charge is 0.0822 e. The van der Waals surface area contributed by atoms with Gasteiger partial charge < -0.3 is 0 Å². The predicted molar refractivity (Wildman–Crippen MR) is 137 cm³/mol. The lowest BCUT2D eigenvalue weighted by Crippen LogP contribution is -2.59. The standard InChI is InChI=1S/C28H32Si2/c1-4-15-28-27(29(3,5-2)24-16-9-6-10-17-24)22-23-30(28,25-18-11-7-12-19-25)26-20-13-8-14-21-26/h6-14,16-23H,4-5,15H2,1-3H3. The Bertz CT molecular complexity index is 996. The second kappa shape index (κ2) is 8.75. The Morgan fingerprint density at radius 2 is 1.20 bits per heavy atom. The minimum Gasteiger partial charge on any atom is -0.0822 e. The van der Waals surface area contributed by atoms with Crippen LogP contribution in [0.15, 0.2) is 113 Å². The summed E-state index contributed by atoms with van der Waals surface area (Å²) in [4.78, 5) is 0. The lowest BCUT2D eigenvalue weighted by molar-refractivity contribution is 0.937. The molecule has 4 rings (SSSR count). The lowest BCUT2D eigenvalue weighted by Gasteiger charge is -2.35. The first-order valence-corrected chi connectivity index (χ1v) is 16.0. The number of hydrogen-bond donors (Lipinski definition) is 0. The lowest BCUT2D eigenvalue weighted by atomic mass is 10.3. The molecular formula is C28H32Si2. The van der Waals surface area contributed by atoms with Gasteiger partial charge in [-0.2, -0.15) is 0 Å². The minimum absolute atomic E-state index is 1.19. The van der Waals surface area contributed by atoms with Crippen LogP contribution in [0.25, 0.3) is 0 Å². The Morgan fingerprint density at radius 1 is 0.700 bits per heavy atom. The molecule has 152 valence electrons. The molecule has 0 aliphatic carbocycles. The first-order valence-electron chi connectivity index (χ1n) is 11.3. The van der Waals surface area contributed by atoms with Crippen LogP contribution in [0.3, 0.4) is 0 Å². The molecule has 0 aromatic heterocycles. The SMILES string of the molecule is CCCC1=C([Si](C)(CC)c2ccccc2)C=C[Si]1(c1ccccc1)c1ccccc1. The van der Waals surface area contributed by atoms with Crippen LogP contribution in [0.4, 0.5) is 0 Å². The molecular weight excluding hydrogens is 392 g/mol. The second-order valence-electron chi connectivity index (χ2n) is 8.57. The van der Waals surface area contributed by atoms with Crippen molar-refractivity contribution in [3.8, 4) is 0 Å². The summed E-state index contributed by atoms with van der Waals surface area (Å²) in [5.74, 6) is 0. The molecule has 0 nitrogen and oxygen atoms in total. The first-order chi connectivity index (χ1) is 14.7. The zero-order valence-electron chi connectivity index (χ0n) is 18.4. The second-order valence-corrected chi connectivity index (χ2v) is 16.8.